The molecule has 1 aliphatic carbocycles. The Bertz CT molecular complexity index is 290. The standard InChI is InChI=1S/C16H32N2O/c1-12(2)17-16(11-19,15-5-6-15)10-18-8-7-13(3)9-14(18)4/h12-15,17,19H,5-11H2,1-4H3. The molecule has 1 saturated carbocycles. The highest BCUT2D eigenvalue weighted by Crippen LogP contribution is 2.41. The lowest BCUT2D eigenvalue weighted by Crippen LogP contribution is -2.61. The van der Waals surface area contributed by atoms with Crippen LogP contribution < -0.4 is 5.32 Å². The van der Waals surface area contributed by atoms with Crippen molar-refractivity contribution in [3.05, 3.63) is 0 Å². The highest BCUT2D eigenvalue weighted by atomic mass is 16.3. The van der Waals surface area contributed by atoms with Crippen LogP contribution in [0.15, 0.2) is 0 Å². The maximum atomic E-state index is 10.0. The van der Waals surface area contributed by atoms with Crippen molar-refractivity contribution in [3.63, 3.8) is 0 Å². The van der Waals surface area contributed by atoms with E-state index in [2.05, 4.69) is 37.9 Å². The van der Waals surface area contributed by atoms with E-state index < -0.39 is 0 Å². The highest BCUT2D eigenvalue weighted by Gasteiger charge is 2.46. The summed E-state index contributed by atoms with van der Waals surface area (Å²) < 4.78 is 0. The summed E-state index contributed by atoms with van der Waals surface area (Å²) in [4.78, 5) is 2.60. The van der Waals surface area contributed by atoms with Gasteiger partial charge < -0.3 is 10.4 Å². The van der Waals surface area contributed by atoms with E-state index in [0.29, 0.717) is 18.0 Å². The Morgan fingerprint density at radius 3 is 2.42 bits per heavy atom. The van der Waals surface area contributed by atoms with E-state index >= 15 is 0 Å². The van der Waals surface area contributed by atoms with Crippen LogP contribution in [0.1, 0.15) is 53.4 Å². The van der Waals surface area contributed by atoms with E-state index in [0.717, 1.165) is 12.5 Å². The van der Waals surface area contributed by atoms with Crippen molar-refractivity contribution in [2.75, 3.05) is 19.7 Å². The Hall–Kier alpha value is -0.120. The zero-order chi connectivity index (χ0) is 14.0. The van der Waals surface area contributed by atoms with E-state index in [4.69, 9.17) is 0 Å². The Balaban J connectivity index is 2.03. The molecule has 3 atom stereocenters. The van der Waals surface area contributed by atoms with Gasteiger partial charge in [0.25, 0.3) is 0 Å². The molecule has 1 saturated heterocycles. The second-order valence-electron chi connectivity index (χ2n) is 7.34. The van der Waals surface area contributed by atoms with Crippen molar-refractivity contribution in [1.29, 1.82) is 0 Å². The largest absolute Gasteiger partial charge is 0.394 e. The van der Waals surface area contributed by atoms with Crippen molar-refractivity contribution >= 4 is 0 Å². The third-order valence-corrected chi connectivity index (χ3v) is 4.98. The second kappa shape index (κ2) is 6.11. The molecule has 0 aromatic heterocycles. The second-order valence-corrected chi connectivity index (χ2v) is 7.34. The summed E-state index contributed by atoms with van der Waals surface area (Å²) in [6.07, 6.45) is 5.16. The average molecular weight is 268 g/mol. The molecule has 2 N–H and O–H groups in total. The lowest BCUT2D eigenvalue weighted by Gasteiger charge is -2.44. The van der Waals surface area contributed by atoms with E-state index in [1.54, 1.807) is 0 Å². The van der Waals surface area contributed by atoms with Crippen LogP contribution in [0.25, 0.3) is 0 Å². The predicted molar refractivity (Wildman–Crippen MR) is 80.2 cm³/mol. The van der Waals surface area contributed by atoms with Gasteiger partial charge >= 0.3 is 0 Å². The number of hydrogen-bond donors (Lipinski definition) is 2. The maximum Gasteiger partial charge on any atom is 0.0628 e. The minimum Gasteiger partial charge on any atom is -0.394 e. The SMILES string of the molecule is CC1CCN(CC(CO)(NC(C)C)C2CC2)C(C)C1. The zero-order valence-corrected chi connectivity index (χ0v) is 13.2. The molecule has 1 aliphatic heterocycles. The molecule has 2 rings (SSSR count). The van der Waals surface area contributed by atoms with Gasteiger partial charge in [0.05, 0.1) is 12.1 Å². The first-order valence-corrected chi connectivity index (χ1v) is 8.09. The third-order valence-electron chi connectivity index (χ3n) is 4.98. The van der Waals surface area contributed by atoms with Gasteiger partial charge in [0.1, 0.15) is 0 Å². The fourth-order valence-corrected chi connectivity index (χ4v) is 3.78. The Morgan fingerprint density at radius 2 is 1.95 bits per heavy atom. The van der Waals surface area contributed by atoms with Crippen LogP contribution in [-0.4, -0.2) is 47.3 Å². The summed E-state index contributed by atoms with van der Waals surface area (Å²) in [5.74, 6) is 1.53. The number of aliphatic hydroxyl groups excluding tert-OH is 1. The first-order valence-electron chi connectivity index (χ1n) is 8.09. The summed E-state index contributed by atoms with van der Waals surface area (Å²) in [6.45, 7) is 11.6. The normalized spacial score (nSPS) is 32.5. The van der Waals surface area contributed by atoms with Crippen molar-refractivity contribution in [3.8, 4) is 0 Å². The van der Waals surface area contributed by atoms with Crippen LogP contribution in [0.4, 0.5) is 0 Å². The average Bonchev–Trinajstić information content (AvgIpc) is 3.15. The first-order chi connectivity index (χ1) is 8.97. The number of nitrogens with one attached hydrogen (secondary N) is 1. The Labute approximate surface area is 118 Å². The van der Waals surface area contributed by atoms with Crippen LogP contribution in [0.5, 0.6) is 0 Å². The molecule has 1 heterocycles. The van der Waals surface area contributed by atoms with Gasteiger partial charge in [-0.2, -0.15) is 0 Å². The molecule has 0 amide bonds. The van der Waals surface area contributed by atoms with E-state index in [-0.39, 0.29) is 12.1 Å². The number of aliphatic hydroxyl groups is 1. The fraction of sp³-hybridized carbons (Fsp3) is 1.00. The van der Waals surface area contributed by atoms with Gasteiger partial charge in [0, 0.05) is 18.6 Å². The summed E-state index contributed by atoms with van der Waals surface area (Å²) >= 11 is 0. The Kier molecular flexibility index (Phi) is 4.91. The van der Waals surface area contributed by atoms with Gasteiger partial charge in [-0.25, -0.2) is 0 Å². The van der Waals surface area contributed by atoms with Crippen molar-refractivity contribution in [2.24, 2.45) is 11.8 Å². The number of rotatable bonds is 6. The van der Waals surface area contributed by atoms with Crippen LogP contribution in [-0.2, 0) is 0 Å². The summed E-state index contributed by atoms with van der Waals surface area (Å²) in [6, 6.07) is 1.09. The molecule has 0 aromatic carbocycles. The molecular weight excluding hydrogens is 236 g/mol. The molecule has 3 unspecified atom stereocenters. The third kappa shape index (κ3) is 3.71. The summed E-state index contributed by atoms with van der Waals surface area (Å²) in [5.41, 5.74) is -0.0665. The monoisotopic (exact) mass is 268 g/mol. The number of hydrogen-bond acceptors (Lipinski definition) is 3. The van der Waals surface area contributed by atoms with Crippen molar-refractivity contribution in [1.82, 2.24) is 10.2 Å². The molecule has 0 radical (unpaired) electrons. The predicted octanol–water partition coefficient (Wildman–Crippen LogP) is 2.25. The highest BCUT2D eigenvalue weighted by molar-refractivity contribution is 5.04. The summed E-state index contributed by atoms with van der Waals surface area (Å²) in [5, 5.41) is 13.7. The molecular formula is C16H32N2O. The first kappa shape index (κ1) is 15.3. The van der Waals surface area contributed by atoms with Crippen molar-refractivity contribution < 1.29 is 5.11 Å². The zero-order valence-electron chi connectivity index (χ0n) is 13.2. The quantitative estimate of drug-likeness (QED) is 0.775. The van der Waals surface area contributed by atoms with Gasteiger partial charge in [0.15, 0.2) is 0 Å². The fourth-order valence-electron chi connectivity index (χ4n) is 3.78. The minimum atomic E-state index is -0.0665. The van der Waals surface area contributed by atoms with Crippen LogP contribution >= 0.6 is 0 Å². The molecule has 0 bridgehead atoms. The molecule has 2 aliphatic rings. The number of piperidine rings is 1. The van der Waals surface area contributed by atoms with Crippen LogP contribution in [0.3, 0.4) is 0 Å². The minimum absolute atomic E-state index is 0.0665. The number of nitrogens with zero attached hydrogens (tertiary/aromatic N) is 1. The van der Waals surface area contributed by atoms with E-state index in [1.807, 2.05) is 0 Å². The molecule has 112 valence electrons. The van der Waals surface area contributed by atoms with E-state index in [1.165, 1.54) is 32.2 Å². The van der Waals surface area contributed by atoms with Gasteiger partial charge in [-0.05, 0) is 51.0 Å². The van der Waals surface area contributed by atoms with Gasteiger partial charge in [-0.1, -0.05) is 20.8 Å². The molecule has 3 heteroatoms. The van der Waals surface area contributed by atoms with Crippen LogP contribution in [0, 0.1) is 11.8 Å². The molecule has 0 spiro atoms. The molecule has 2 fully saturated rings. The van der Waals surface area contributed by atoms with E-state index in [9.17, 15) is 5.11 Å². The number of likely N-dealkylation sites (tertiary alicyclic amines) is 1. The molecule has 19 heavy (non-hydrogen) atoms. The smallest absolute Gasteiger partial charge is 0.0628 e. The van der Waals surface area contributed by atoms with Gasteiger partial charge in [-0.3, -0.25) is 4.90 Å². The topological polar surface area (TPSA) is 35.5 Å². The molecule has 3 nitrogen and oxygen atoms in total. The molecule has 0 aromatic rings. The lowest BCUT2D eigenvalue weighted by atomic mass is 9.88. The maximum absolute atomic E-state index is 10.0. The summed E-state index contributed by atoms with van der Waals surface area (Å²) in [7, 11) is 0. The van der Waals surface area contributed by atoms with Crippen molar-refractivity contribution in [2.45, 2.75) is 71.0 Å². The van der Waals surface area contributed by atoms with Gasteiger partial charge in [-0.15, -0.1) is 0 Å². The lowest BCUT2D eigenvalue weighted by molar-refractivity contribution is 0.0438. The Morgan fingerprint density at radius 1 is 1.26 bits per heavy atom. The van der Waals surface area contributed by atoms with Crippen LogP contribution in [0.2, 0.25) is 0 Å². The van der Waals surface area contributed by atoms with Gasteiger partial charge in [0.2, 0.25) is 0 Å².